The molecule has 0 spiro atoms. The highest BCUT2D eigenvalue weighted by Gasteiger charge is 2.58. The predicted molar refractivity (Wildman–Crippen MR) is 90.1 cm³/mol. The van der Waals surface area contributed by atoms with Crippen LogP contribution in [-0.4, -0.2) is 35.8 Å². The Morgan fingerprint density at radius 1 is 1.08 bits per heavy atom. The van der Waals surface area contributed by atoms with Gasteiger partial charge in [-0.1, -0.05) is 42.5 Å². The molecule has 2 bridgehead atoms. The number of allylic oxidation sites excluding steroid dienone is 2. The number of carbonyl (C=O) groups excluding carboxylic acids is 3. The molecule has 3 aliphatic carbocycles. The third-order valence-electron chi connectivity index (χ3n) is 5.85. The minimum atomic E-state index is -0.891. The Labute approximate surface area is 146 Å². The molecule has 1 aliphatic heterocycles. The number of esters is 1. The number of nitrogens with zero attached hydrogens (tertiary/aromatic N) is 1. The van der Waals surface area contributed by atoms with E-state index in [1.54, 1.807) is 0 Å². The van der Waals surface area contributed by atoms with Gasteiger partial charge in [0.2, 0.25) is 11.8 Å². The van der Waals surface area contributed by atoms with Gasteiger partial charge in [0.1, 0.15) is 6.04 Å². The first-order valence-corrected chi connectivity index (χ1v) is 8.79. The third kappa shape index (κ3) is 2.49. The van der Waals surface area contributed by atoms with Crippen LogP contribution < -0.4 is 0 Å². The number of amides is 2. The van der Waals surface area contributed by atoms with Crippen molar-refractivity contribution in [1.82, 2.24) is 4.90 Å². The molecule has 25 heavy (non-hydrogen) atoms. The molecule has 5 nitrogen and oxygen atoms in total. The Morgan fingerprint density at radius 3 is 2.12 bits per heavy atom. The highest BCUT2D eigenvalue weighted by atomic mass is 16.5. The third-order valence-corrected chi connectivity index (χ3v) is 5.85. The Morgan fingerprint density at radius 2 is 1.64 bits per heavy atom. The Kier molecular flexibility index (Phi) is 3.94. The van der Waals surface area contributed by atoms with E-state index < -0.39 is 12.0 Å². The van der Waals surface area contributed by atoms with Gasteiger partial charge in [-0.3, -0.25) is 14.5 Å². The van der Waals surface area contributed by atoms with E-state index in [9.17, 15) is 14.4 Å². The molecule has 4 aliphatic rings. The summed E-state index contributed by atoms with van der Waals surface area (Å²) >= 11 is 0. The molecule has 130 valence electrons. The maximum Gasteiger partial charge on any atom is 0.329 e. The van der Waals surface area contributed by atoms with E-state index >= 15 is 0 Å². The second-order valence-corrected chi connectivity index (χ2v) is 7.12. The number of rotatable bonds is 4. The molecule has 2 amide bonds. The fraction of sp³-hybridized carbons (Fsp3) is 0.450. The lowest BCUT2D eigenvalue weighted by Crippen LogP contribution is -2.47. The molecule has 5 atom stereocenters. The van der Waals surface area contributed by atoms with Gasteiger partial charge in [-0.25, -0.2) is 4.79 Å². The summed E-state index contributed by atoms with van der Waals surface area (Å²) in [6.07, 6.45) is 6.32. The molecule has 1 saturated heterocycles. The summed E-state index contributed by atoms with van der Waals surface area (Å²) < 4.78 is 4.92. The van der Waals surface area contributed by atoms with Crippen molar-refractivity contribution in [3.63, 3.8) is 0 Å². The molecule has 1 aromatic rings. The van der Waals surface area contributed by atoms with Gasteiger partial charge in [0.05, 0.1) is 18.9 Å². The zero-order valence-corrected chi connectivity index (χ0v) is 14.1. The number of fused-ring (bicyclic) bond motifs is 1. The average molecular weight is 339 g/mol. The summed E-state index contributed by atoms with van der Waals surface area (Å²) in [7, 11) is 1.30. The van der Waals surface area contributed by atoms with E-state index in [0.717, 1.165) is 18.4 Å². The van der Waals surface area contributed by atoms with Crippen molar-refractivity contribution in [2.24, 2.45) is 23.7 Å². The van der Waals surface area contributed by atoms with E-state index in [1.807, 2.05) is 30.3 Å². The van der Waals surface area contributed by atoms with Gasteiger partial charge in [-0.15, -0.1) is 0 Å². The predicted octanol–water partition coefficient (Wildman–Crippen LogP) is 1.97. The lowest BCUT2D eigenvalue weighted by Gasteiger charge is -2.38. The summed E-state index contributed by atoms with van der Waals surface area (Å²) in [5, 5.41) is 0. The standard InChI is InChI=1S/C20H21NO4/c1-25-20(24)15(11-12-5-3-2-4-6-12)21-18(22)16-13-7-8-14(10-9-13)17(16)19(21)23/h2-8,13-17H,9-11H2,1H3. The van der Waals surface area contributed by atoms with Crippen molar-refractivity contribution in [3.05, 3.63) is 48.0 Å². The monoisotopic (exact) mass is 339 g/mol. The lowest BCUT2D eigenvalue weighted by molar-refractivity contribution is -0.157. The quantitative estimate of drug-likeness (QED) is 0.478. The molecule has 1 heterocycles. The molecule has 0 radical (unpaired) electrons. The first-order valence-electron chi connectivity index (χ1n) is 8.79. The Hall–Kier alpha value is -2.43. The first-order chi connectivity index (χ1) is 12.1. The number of carbonyl (C=O) groups is 3. The van der Waals surface area contributed by atoms with Crippen molar-refractivity contribution < 1.29 is 19.1 Å². The van der Waals surface area contributed by atoms with E-state index in [-0.39, 0.29) is 41.9 Å². The van der Waals surface area contributed by atoms with E-state index in [1.165, 1.54) is 12.0 Å². The normalized spacial score (nSPS) is 31.2. The summed E-state index contributed by atoms with van der Waals surface area (Å²) in [4.78, 5) is 39.7. The molecule has 5 rings (SSSR count). The zero-order valence-electron chi connectivity index (χ0n) is 14.1. The number of methoxy groups -OCH3 is 1. The van der Waals surface area contributed by atoms with Crippen LogP contribution in [0.1, 0.15) is 18.4 Å². The van der Waals surface area contributed by atoms with Gasteiger partial charge in [0, 0.05) is 6.42 Å². The fourth-order valence-electron chi connectivity index (χ4n) is 4.66. The molecule has 1 saturated carbocycles. The number of imide groups is 1. The molecule has 2 fully saturated rings. The number of hydrogen-bond acceptors (Lipinski definition) is 4. The van der Waals surface area contributed by atoms with Crippen LogP contribution in [0, 0.1) is 23.7 Å². The second-order valence-electron chi connectivity index (χ2n) is 7.12. The molecule has 0 N–H and O–H groups in total. The Bertz CT molecular complexity index is 709. The van der Waals surface area contributed by atoms with Crippen molar-refractivity contribution in [3.8, 4) is 0 Å². The van der Waals surface area contributed by atoms with E-state index in [0.29, 0.717) is 0 Å². The molecule has 5 unspecified atom stereocenters. The van der Waals surface area contributed by atoms with Gasteiger partial charge in [-0.2, -0.15) is 0 Å². The molecular formula is C20H21NO4. The van der Waals surface area contributed by atoms with Crippen molar-refractivity contribution in [2.75, 3.05) is 7.11 Å². The van der Waals surface area contributed by atoms with Crippen LogP contribution in [0.5, 0.6) is 0 Å². The van der Waals surface area contributed by atoms with Crippen LogP contribution in [0.3, 0.4) is 0 Å². The second kappa shape index (κ2) is 6.14. The zero-order chi connectivity index (χ0) is 17.6. The van der Waals surface area contributed by atoms with Crippen molar-refractivity contribution in [2.45, 2.75) is 25.3 Å². The van der Waals surface area contributed by atoms with Gasteiger partial charge in [-0.05, 0) is 30.2 Å². The number of benzene rings is 1. The topological polar surface area (TPSA) is 63.7 Å². The minimum Gasteiger partial charge on any atom is -0.467 e. The van der Waals surface area contributed by atoms with Gasteiger partial charge in [0.15, 0.2) is 0 Å². The van der Waals surface area contributed by atoms with Crippen molar-refractivity contribution >= 4 is 17.8 Å². The minimum absolute atomic E-state index is 0.117. The molecule has 1 aromatic carbocycles. The van der Waals surface area contributed by atoms with Gasteiger partial charge in [0.25, 0.3) is 0 Å². The van der Waals surface area contributed by atoms with Crippen LogP contribution in [0.25, 0.3) is 0 Å². The van der Waals surface area contributed by atoms with Crippen LogP contribution in [0.4, 0.5) is 0 Å². The number of ether oxygens (including phenoxy) is 1. The van der Waals surface area contributed by atoms with Crippen molar-refractivity contribution in [1.29, 1.82) is 0 Å². The van der Waals surface area contributed by atoms with Crippen LogP contribution in [-0.2, 0) is 25.5 Å². The van der Waals surface area contributed by atoms with Crippen LogP contribution >= 0.6 is 0 Å². The summed E-state index contributed by atoms with van der Waals surface area (Å²) in [6.45, 7) is 0. The summed E-state index contributed by atoms with van der Waals surface area (Å²) in [6, 6.07) is 8.53. The fourth-order valence-corrected chi connectivity index (χ4v) is 4.66. The van der Waals surface area contributed by atoms with E-state index in [2.05, 4.69) is 12.2 Å². The highest BCUT2D eigenvalue weighted by Crippen LogP contribution is 2.50. The van der Waals surface area contributed by atoms with E-state index in [4.69, 9.17) is 4.74 Å². The SMILES string of the molecule is COC(=O)C(Cc1ccccc1)N1C(=O)C2C3C=CC(CC3)C2C1=O. The van der Waals surface area contributed by atoms with Crippen LogP contribution in [0.15, 0.2) is 42.5 Å². The largest absolute Gasteiger partial charge is 0.467 e. The number of likely N-dealkylation sites (tertiary alicyclic amines) is 1. The molecule has 5 heteroatoms. The Balaban J connectivity index is 1.67. The molecule has 0 aromatic heterocycles. The maximum atomic E-state index is 13.1. The van der Waals surface area contributed by atoms with Crippen LogP contribution in [0.2, 0.25) is 0 Å². The number of hydrogen-bond donors (Lipinski definition) is 0. The van der Waals surface area contributed by atoms with Gasteiger partial charge < -0.3 is 4.74 Å². The average Bonchev–Trinajstić information content (AvgIpc) is 2.94. The summed E-state index contributed by atoms with van der Waals surface area (Å²) in [5.41, 5.74) is 0.898. The maximum absolute atomic E-state index is 13.1. The lowest BCUT2D eigenvalue weighted by atomic mass is 9.63. The smallest absolute Gasteiger partial charge is 0.329 e. The first kappa shape index (κ1) is 16.1. The summed E-state index contributed by atoms with van der Waals surface area (Å²) in [5.74, 6) is -1.33. The highest BCUT2D eigenvalue weighted by molar-refractivity contribution is 6.08. The molecular weight excluding hydrogens is 318 g/mol. The van der Waals surface area contributed by atoms with Gasteiger partial charge >= 0.3 is 5.97 Å².